The third-order valence-electron chi connectivity index (χ3n) is 3.56. The Kier molecular flexibility index (Phi) is 2.49. The van der Waals surface area contributed by atoms with Crippen LogP contribution in [0, 0.1) is 11.8 Å². The lowest BCUT2D eigenvalue weighted by atomic mass is 9.87. The van der Waals surface area contributed by atoms with E-state index >= 15 is 0 Å². The predicted octanol–water partition coefficient (Wildman–Crippen LogP) is 0.129. The fourth-order valence-corrected chi connectivity index (χ4v) is 2.50. The van der Waals surface area contributed by atoms with Crippen LogP contribution in [0.5, 0.6) is 0 Å². The molecule has 1 aliphatic carbocycles. The van der Waals surface area contributed by atoms with E-state index in [-0.39, 0.29) is 12.0 Å². The van der Waals surface area contributed by atoms with E-state index in [1.807, 2.05) is 7.05 Å². The molecular weight excluding hydrogens is 180 g/mol. The van der Waals surface area contributed by atoms with E-state index in [9.17, 15) is 4.79 Å². The van der Waals surface area contributed by atoms with Crippen molar-refractivity contribution < 1.29 is 9.90 Å². The van der Waals surface area contributed by atoms with Crippen LogP contribution in [0.3, 0.4) is 0 Å². The summed E-state index contributed by atoms with van der Waals surface area (Å²) in [6.07, 6.45) is 3.43. The summed E-state index contributed by atoms with van der Waals surface area (Å²) < 4.78 is 0. The van der Waals surface area contributed by atoms with Gasteiger partial charge in [-0.3, -0.25) is 4.79 Å². The predicted molar refractivity (Wildman–Crippen MR) is 52.9 cm³/mol. The maximum Gasteiger partial charge on any atom is 0.309 e. The topological polar surface area (TPSA) is 66.6 Å². The van der Waals surface area contributed by atoms with Gasteiger partial charge in [0.15, 0.2) is 0 Å². The summed E-state index contributed by atoms with van der Waals surface area (Å²) in [6.45, 7) is 0.609. The van der Waals surface area contributed by atoms with Crippen molar-refractivity contribution in [1.29, 1.82) is 0 Å². The number of piperidine rings is 1. The maximum atomic E-state index is 10.9. The number of hydrogen-bond acceptors (Lipinski definition) is 3. The molecule has 0 amide bonds. The Hall–Kier alpha value is -0.610. The number of carboxylic acids is 1. The molecule has 3 N–H and O–H groups in total. The van der Waals surface area contributed by atoms with Gasteiger partial charge in [0.05, 0.1) is 5.92 Å². The van der Waals surface area contributed by atoms with E-state index in [4.69, 9.17) is 10.8 Å². The highest BCUT2D eigenvalue weighted by Crippen LogP contribution is 2.39. The highest BCUT2D eigenvalue weighted by atomic mass is 16.4. The molecule has 2 rings (SSSR count). The molecule has 2 aliphatic rings. The molecule has 4 heteroatoms. The second kappa shape index (κ2) is 3.51. The van der Waals surface area contributed by atoms with E-state index in [1.165, 1.54) is 12.8 Å². The SMILES string of the molecule is CN1CC(C(=O)O)C(N)CC1C1CC1. The average molecular weight is 198 g/mol. The maximum absolute atomic E-state index is 10.9. The zero-order valence-electron chi connectivity index (χ0n) is 8.52. The fraction of sp³-hybridized carbons (Fsp3) is 0.900. The lowest BCUT2D eigenvalue weighted by molar-refractivity contribution is -0.144. The molecule has 1 saturated carbocycles. The van der Waals surface area contributed by atoms with Crippen molar-refractivity contribution in [3.63, 3.8) is 0 Å². The van der Waals surface area contributed by atoms with Crippen LogP contribution in [0.2, 0.25) is 0 Å². The van der Waals surface area contributed by atoms with Crippen LogP contribution < -0.4 is 5.73 Å². The first-order valence-electron chi connectivity index (χ1n) is 5.28. The van der Waals surface area contributed by atoms with E-state index < -0.39 is 5.97 Å². The standard InChI is InChI=1S/C10H18N2O2/c1-12-5-7(10(13)14)8(11)4-9(12)6-2-3-6/h6-9H,2-5,11H2,1H3,(H,13,14). The molecule has 1 aliphatic heterocycles. The first-order valence-corrected chi connectivity index (χ1v) is 5.28. The van der Waals surface area contributed by atoms with Gasteiger partial charge in [-0.05, 0) is 32.2 Å². The number of aliphatic carboxylic acids is 1. The third-order valence-corrected chi connectivity index (χ3v) is 3.56. The Morgan fingerprint density at radius 2 is 2.14 bits per heavy atom. The summed E-state index contributed by atoms with van der Waals surface area (Å²) in [6, 6.07) is 0.370. The van der Waals surface area contributed by atoms with E-state index in [2.05, 4.69) is 4.90 Å². The van der Waals surface area contributed by atoms with Crippen molar-refractivity contribution >= 4 is 5.97 Å². The molecule has 14 heavy (non-hydrogen) atoms. The second-order valence-corrected chi connectivity index (χ2v) is 4.69. The monoisotopic (exact) mass is 198 g/mol. The Balaban J connectivity index is 2.00. The minimum atomic E-state index is -0.751. The van der Waals surface area contributed by atoms with Crippen LogP contribution >= 0.6 is 0 Å². The summed E-state index contributed by atoms with van der Waals surface area (Å²) in [5.41, 5.74) is 5.89. The van der Waals surface area contributed by atoms with E-state index in [1.54, 1.807) is 0 Å². The quantitative estimate of drug-likeness (QED) is 0.662. The van der Waals surface area contributed by atoms with Crippen LogP contribution in [-0.2, 0) is 4.79 Å². The number of hydrogen-bond donors (Lipinski definition) is 2. The number of rotatable bonds is 2. The molecule has 4 nitrogen and oxygen atoms in total. The van der Waals surface area contributed by atoms with Gasteiger partial charge in [0.25, 0.3) is 0 Å². The van der Waals surface area contributed by atoms with Crippen LogP contribution in [-0.4, -0.2) is 41.7 Å². The van der Waals surface area contributed by atoms with Gasteiger partial charge < -0.3 is 15.7 Å². The number of carbonyl (C=O) groups is 1. The van der Waals surface area contributed by atoms with Crippen molar-refractivity contribution in [3.05, 3.63) is 0 Å². The fourth-order valence-electron chi connectivity index (χ4n) is 2.50. The lowest BCUT2D eigenvalue weighted by Crippen LogP contribution is -2.54. The first-order chi connectivity index (χ1) is 6.59. The van der Waals surface area contributed by atoms with Crippen LogP contribution in [0.1, 0.15) is 19.3 Å². The molecule has 0 aromatic carbocycles. The molecule has 1 saturated heterocycles. The van der Waals surface area contributed by atoms with Crippen LogP contribution in [0.25, 0.3) is 0 Å². The van der Waals surface area contributed by atoms with Gasteiger partial charge in [-0.15, -0.1) is 0 Å². The number of carboxylic acid groups (broad SMARTS) is 1. The summed E-state index contributed by atoms with van der Waals surface area (Å²) >= 11 is 0. The molecule has 0 spiro atoms. The van der Waals surface area contributed by atoms with Crippen molar-refractivity contribution in [1.82, 2.24) is 4.90 Å². The number of nitrogens with two attached hydrogens (primary N) is 1. The Bertz CT molecular complexity index is 240. The van der Waals surface area contributed by atoms with E-state index in [0.717, 1.165) is 12.3 Å². The normalized spacial score (nSPS) is 39.7. The zero-order valence-corrected chi connectivity index (χ0v) is 8.52. The minimum absolute atomic E-state index is 0.158. The summed E-state index contributed by atoms with van der Waals surface area (Å²) in [5, 5.41) is 8.96. The van der Waals surface area contributed by atoms with Crippen molar-refractivity contribution in [3.8, 4) is 0 Å². The van der Waals surface area contributed by atoms with Crippen molar-refractivity contribution in [2.45, 2.75) is 31.3 Å². The molecule has 1 heterocycles. The minimum Gasteiger partial charge on any atom is -0.481 e. The summed E-state index contributed by atoms with van der Waals surface area (Å²) in [5.74, 6) is -0.352. The third kappa shape index (κ3) is 1.77. The van der Waals surface area contributed by atoms with E-state index in [0.29, 0.717) is 12.6 Å². The molecule has 0 bridgehead atoms. The highest BCUT2D eigenvalue weighted by molar-refractivity contribution is 5.71. The van der Waals surface area contributed by atoms with Crippen molar-refractivity contribution in [2.75, 3.05) is 13.6 Å². The average Bonchev–Trinajstić information content (AvgIpc) is 2.91. The Labute approximate surface area is 84.1 Å². The molecule has 3 atom stereocenters. The molecule has 0 aromatic heterocycles. The van der Waals surface area contributed by atoms with Gasteiger partial charge in [-0.2, -0.15) is 0 Å². The Morgan fingerprint density at radius 1 is 1.50 bits per heavy atom. The lowest BCUT2D eigenvalue weighted by Gasteiger charge is -2.39. The van der Waals surface area contributed by atoms with Gasteiger partial charge in [-0.25, -0.2) is 0 Å². The van der Waals surface area contributed by atoms with Crippen LogP contribution in [0.4, 0.5) is 0 Å². The highest BCUT2D eigenvalue weighted by Gasteiger charge is 2.42. The molecular formula is C10H18N2O2. The molecule has 3 unspecified atom stereocenters. The van der Waals surface area contributed by atoms with Crippen molar-refractivity contribution in [2.24, 2.45) is 17.6 Å². The van der Waals surface area contributed by atoms with Gasteiger partial charge in [0, 0.05) is 18.6 Å². The number of nitrogens with zero attached hydrogens (tertiary/aromatic N) is 1. The Morgan fingerprint density at radius 3 is 2.64 bits per heavy atom. The van der Waals surface area contributed by atoms with Crippen LogP contribution in [0.15, 0.2) is 0 Å². The molecule has 0 aromatic rings. The summed E-state index contributed by atoms with van der Waals surface area (Å²) in [4.78, 5) is 13.1. The molecule has 80 valence electrons. The van der Waals surface area contributed by atoms with Gasteiger partial charge in [0.2, 0.25) is 0 Å². The van der Waals surface area contributed by atoms with Gasteiger partial charge >= 0.3 is 5.97 Å². The zero-order chi connectivity index (χ0) is 10.3. The first kappa shape index (κ1) is 9.93. The largest absolute Gasteiger partial charge is 0.481 e. The second-order valence-electron chi connectivity index (χ2n) is 4.69. The smallest absolute Gasteiger partial charge is 0.309 e. The van der Waals surface area contributed by atoms with Gasteiger partial charge in [0.1, 0.15) is 0 Å². The number of likely N-dealkylation sites (tertiary alicyclic amines) is 1. The molecule has 0 radical (unpaired) electrons. The summed E-state index contributed by atoms with van der Waals surface area (Å²) in [7, 11) is 2.02. The van der Waals surface area contributed by atoms with Gasteiger partial charge in [-0.1, -0.05) is 0 Å². The molecule has 2 fully saturated rings.